The Bertz CT molecular complexity index is 742. The molecule has 2 amide bonds. The number of hydrogen-bond acceptors (Lipinski definition) is 5. The molecule has 0 aliphatic heterocycles. The van der Waals surface area contributed by atoms with E-state index in [4.69, 9.17) is 0 Å². The zero-order chi connectivity index (χ0) is 18.2. The number of aromatic nitrogens is 2. The standard InChI is InChI=1S/C18H24N4O2S/c1-4-6-7-8-15(23)13-11-12(3)9-10-14(13)19-17(24)21-18-20-16(5-2)22-25-18/h9-11H,4-8H2,1-3H3,(H2,19,20,21,22,24). The number of amides is 2. The smallest absolute Gasteiger partial charge is 0.307 e. The van der Waals surface area contributed by atoms with Crippen molar-refractivity contribution in [2.75, 3.05) is 10.6 Å². The molecule has 0 aliphatic rings. The number of Topliss-reactive ketones (excluding diaryl/α,β-unsaturated/α-hetero) is 1. The number of carbonyl (C=O) groups excluding carboxylic acids is 2. The van der Waals surface area contributed by atoms with Gasteiger partial charge in [-0.1, -0.05) is 38.3 Å². The zero-order valence-corrected chi connectivity index (χ0v) is 15.7. The molecule has 1 aromatic heterocycles. The van der Waals surface area contributed by atoms with Gasteiger partial charge in [-0.05, 0) is 25.5 Å². The molecule has 6 nitrogen and oxygen atoms in total. The fourth-order valence-electron chi connectivity index (χ4n) is 2.37. The third-order valence-corrected chi connectivity index (χ3v) is 4.40. The quantitative estimate of drug-likeness (QED) is 0.522. The number of nitrogens with zero attached hydrogens (tertiary/aromatic N) is 2. The van der Waals surface area contributed by atoms with Crippen molar-refractivity contribution in [2.45, 2.75) is 52.9 Å². The normalized spacial score (nSPS) is 10.5. The molecule has 25 heavy (non-hydrogen) atoms. The molecule has 0 saturated heterocycles. The maximum Gasteiger partial charge on any atom is 0.325 e. The fraction of sp³-hybridized carbons (Fsp3) is 0.444. The van der Waals surface area contributed by atoms with Crippen LogP contribution in [0.15, 0.2) is 18.2 Å². The molecule has 2 aromatic rings. The van der Waals surface area contributed by atoms with Gasteiger partial charge in [0.25, 0.3) is 0 Å². The Labute approximate surface area is 152 Å². The van der Waals surface area contributed by atoms with E-state index in [2.05, 4.69) is 26.9 Å². The van der Waals surface area contributed by atoms with Crippen LogP contribution in [-0.4, -0.2) is 21.2 Å². The third-order valence-electron chi connectivity index (χ3n) is 3.74. The molecule has 0 fully saturated rings. The van der Waals surface area contributed by atoms with E-state index in [9.17, 15) is 9.59 Å². The second-order valence-electron chi connectivity index (χ2n) is 5.88. The molecule has 0 saturated carbocycles. The van der Waals surface area contributed by atoms with Gasteiger partial charge in [-0.15, -0.1) is 0 Å². The van der Waals surface area contributed by atoms with Crippen LogP contribution >= 0.6 is 11.5 Å². The van der Waals surface area contributed by atoms with Gasteiger partial charge in [0.05, 0.1) is 5.69 Å². The minimum Gasteiger partial charge on any atom is -0.307 e. The molecule has 0 atom stereocenters. The molecule has 2 rings (SSSR count). The number of benzene rings is 1. The van der Waals surface area contributed by atoms with E-state index in [-0.39, 0.29) is 5.78 Å². The SMILES string of the molecule is CCCCCC(=O)c1cc(C)ccc1NC(=O)Nc1nc(CC)ns1. The Kier molecular flexibility index (Phi) is 7.06. The lowest BCUT2D eigenvalue weighted by atomic mass is 10.0. The van der Waals surface area contributed by atoms with Crippen molar-refractivity contribution in [3.8, 4) is 0 Å². The van der Waals surface area contributed by atoms with E-state index >= 15 is 0 Å². The second-order valence-corrected chi connectivity index (χ2v) is 6.63. The highest BCUT2D eigenvalue weighted by Crippen LogP contribution is 2.21. The molecule has 0 radical (unpaired) electrons. The molecule has 2 N–H and O–H groups in total. The van der Waals surface area contributed by atoms with E-state index in [0.29, 0.717) is 35.0 Å². The number of nitrogens with one attached hydrogen (secondary N) is 2. The summed E-state index contributed by atoms with van der Waals surface area (Å²) in [7, 11) is 0. The van der Waals surface area contributed by atoms with Crippen LogP contribution < -0.4 is 10.6 Å². The maximum absolute atomic E-state index is 12.5. The van der Waals surface area contributed by atoms with Crippen molar-refractivity contribution in [1.82, 2.24) is 9.36 Å². The van der Waals surface area contributed by atoms with Crippen molar-refractivity contribution in [1.29, 1.82) is 0 Å². The van der Waals surface area contributed by atoms with Gasteiger partial charge in [0.1, 0.15) is 5.82 Å². The molecule has 1 aromatic carbocycles. The summed E-state index contributed by atoms with van der Waals surface area (Å²) in [6, 6.07) is 5.03. The summed E-state index contributed by atoms with van der Waals surface area (Å²) in [5, 5.41) is 5.86. The molecule has 0 aliphatic carbocycles. The molecule has 0 spiro atoms. The summed E-state index contributed by atoms with van der Waals surface area (Å²) in [5.74, 6) is 0.749. The lowest BCUT2D eigenvalue weighted by molar-refractivity contribution is 0.0980. The minimum atomic E-state index is -0.426. The number of unbranched alkanes of at least 4 members (excludes halogenated alkanes) is 2. The summed E-state index contributed by atoms with van der Waals surface area (Å²) < 4.78 is 4.13. The first kappa shape index (κ1) is 19.1. The molecule has 0 bridgehead atoms. The Morgan fingerprint density at radius 1 is 1.16 bits per heavy atom. The predicted molar refractivity (Wildman–Crippen MR) is 102 cm³/mol. The lowest BCUT2D eigenvalue weighted by Crippen LogP contribution is -2.21. The van der Waals surface area contributed by atoms with Crippen molar-refractivity contribution in [2.24, 2.45) is 0 Å². The van der Waals surface area contributed by atoms with Crippen LogP contribution in [-0.2, 0) is 6.42 Å². The summed E-state index contributed by atoms with van der Waals surface area (Å²) in [5.41, 5.74) is 2.06. The number of ketones is 1. The Morgan fingerprint density at radius 3 is 2.64 bits per heavy atom. The number of hydrogen-bond donors (Lipinski definition) is 2. The van der Waals surface area contributed by atoms with Crippen LogP contribution in [0.2, 0.25) is 0 Å². The van der Waals surface area contributed by atoms with Gasteiger partial charge >= 0.3 is 6.03 Å². The van der Waals surface area contributed by atoms with Crippen LogP contribution in [0.5, 0.6) is 0 Å². The summed E-state index contributed by atoms with van der Waals surface area (Å²) in [6.45, 7) is 5.99. The van der Waals surface area contributed by atoms with Crippen molar-refractivity contribution in [3.63, 3.8) is 0 Å². The van der Waals surface area contributed by atoms with Gasteiger partial charge in [-0.25, -0.2) is 9.78 Å². The van der Waals surface area contributed by atoms with E-state index in [0.717, 1.165) is 36.4 Å². The second kappa shape index (κ2) is 9.27. The predicted octanol–water partition coefficient (Wildman–Crippen LogP) is 4.82. The molecular formula is C18H24N4O2S. The van der Waals surface area contributed by atoms with Crippen molar-refractivity contribution < 1.29 is 9.59 Å². The number of anilines is 2. The van der Waals surface area contributed by atoms with Crippen LogP contribution in [0.1, 0.15) is 61.3 Å². The molecule has 1 heterocycles. The van der Waals surface area contributed by atoms with Gasteiger partial charge in [-0.3, -0.25) is 10.1 Å². The van der Waals surface area contributed by atoms with Crippen LogP contribution in [0.4, 0.5) is 15.6 Å². The number of rotatable bonds is 8. The number of carbonyl (C=O) groups is 2. The van der Waals surface area contributed by atoms with Gasteiger partial charge < -0.3 is 5.32 Å². The molecular weight excluding hydrogens is 336 g/mol. The zero-order valence-electron chi connectivity index (χ0n) is 14.9. The van der Waals surface area contributed by atoms with E-state index < -0.39 is 6.03 Å². The van der Waals surface area contributed by atoms with E-state index in [1.807, 2.05) is 26.0 Å². The van der Waals surface area contributed by atoms with Gasteiger partial charge in [0, 0.05) is 29.9 Å². The fourth-order valence-corrected chi connectivity index (χ4v) is 3.01. The monoisotopic (exact) mass is 360 g/mol. The first-order valence-corrected chi connectivity index (χ1v) is 9.35. The van der Waals surface area contributed by atoms with Crippen LogP contribution in [0.3, 0.4) is 0 Å². The first-order chi connectivity index (χ1) is 12.0. The third kappa shape index (κ3) is 5.63. The highest BCUT2D eigenvalue weighted by atomic mass is 32.1. The molecule has 134 valence electrons. The van der Waals surface area contributed by atoms with Crippen LogP contribution in [0.25, 0.3) is 0 Å². The largest absolute Gasteiger partial charge is 0.325 e. The molecule has 0 unspecified atom stereocenters. The maximum atomic E-state index is 12.5. The van der Waals surface area contributed by atoms with Gasteiger partial charge in [0.2, 0.25) is 5.13 Å². The topological polar surface area (TPSA) is 84.0 Å². The van der Waals surface area contributed by atoms with Crippen molar-refractivity contribution >= 4 is 34.2 Å². The Balaban J connectivity index is 2.07. The first-order valence-electron chi connectivity index (χ1n) is 8.58. The van der Waals surface area contributed by atoms with Crippen molar-refractivity contribution in [3.05, 3.63) is 35.2 Å². The van der Waals surface area contributed by atoms with E-state index in [1.165, 1.54) is 0 Å². The average Bonchev–Trinajstić information content (AvgIpc) is 3.04. The van der Waals surface area contributed by atoms with Gasteiger partial charge in [-0.2, -0.15) is 4.37 Å². The average molecular weight is 360 g/mol. The van der Waals surface area contributed by atoms with E-state index in [1.54, 1.807) is 6.07 Å². The number of aryl methyl sites for hydroxylation is 2. The minimum absolute atomic E-state index is 0.0524. The van der Waals surface area contributed by atoms with Crippen LogP contribution in [0, 0.1) is 6.92 Å². The summed E-state index contributed by atoms with van der Waals surface area (Å²) >= 11 is 1.14. The summed E-state index contributed by atoms with van der Waals surface area (Å²) in [6.07, 6.45) is 4.16. The Hall–Kier alpha value is -2.28. The highest BCUT2D eigenvalue weighted by Gasteiger charge is 2.14. The van der Waals surface area contributed by atoms with Gasteiger partial charge in [0.15, 0.2) is 5.78 Å². The highest BCUT2D eigenvalue weighted by molar-refractivity contribution is 7.09. The molecule has 7 heteroatoms. The lowest BCUT2D eigenvalue weighted by Gasteiger charge is -2.11. The number of urea groups is 1. The summed E-state index contributed by atoms with van der Waals surface area (Å²) in [4.78, 5) is 28.9. The Morgan fingerprint density at radius 2 is 1.96 bits per heavy atom.